The van der Waals surface area contributed by atoms with Gasteiger partial charge in [0.05, 0.1) is 6.04 Å². The molecule has 1 aromatic heterocycles. The van der Waals surface area contributed by atoms with Crippen LogP contribution in [0, 0.1) is 12.8 Å². The van der Waals surface area contributed by atoms with E-state index in [-0.39, 0.29) is 6.04 Å². The Bertz CT molecular complexity index is 510. The van der Waals surface area contributed by atoms with Crippen LogP contribution in [0.4, 0.5) is 0 Å². The van der Waals surface area contributed by atoms with Crippen molar-refractivity contribution in [2.24, 2.45) is 11.7 Å². The van der Waals surface area contributed by atoms with Crippen LogP contribution in [-0.4, -0.2) is 0 Å². The molecule has 0 spiro atoms. The van der Waals surface area contributed by atoms with E-state index in [1.54, 1.807) is 0 Å². The van der Waals surface area contributed by atoms with Crippen molar-refractivity contribution in [3.05, 3.63) is 35.6 Å². The Hall–Kier alpha value is -1.28. The average Bonchev–Trinajstić information content (AvgIpc) is 2.95. The van der Waals surface area contributed by atoms with Gasteiger partial charge in [-0.2, -0.15) is 0 Å². The van der Waals surface area contributed by atoms with Crippen LogP contribution in [0.2, 0.25) is 0 Å². The summed E-state index contributed by atoms with van der Waals surface area (Å²) in [5.41, 5.74) is 8.37. The minimum atomic E-state index is 0.0688. The molecule has 16 heavy (non-hydrogen) atoms. The molecular formula is C14H17NO. The van der Waals surface area contributed by atoms with E-state index in [1.165, 1.54) is 23.8 Å². The molecule has 1 heterocycles. The van der Waals surface area contributed by atoms with Gasteiger partial charge in [0.15, 0.2) is 0 Å². The molecule has 2 aromatic rings. The zero-order valence-corrected chi connectivity index (χ0v) is 9.57. The van der Waals surface area contributed by atoms with Gasteiger partial charge in [-0.3, -0.25) is 0 Å². The van der Waals surface area contributed by atoms with Gasteiger partial charge in [-0.25, -0.2) is 0 Å². The summed E-state index contributed by atoms with van der Waals surface area (Å²) in [7, 11) is 0. The molecule has 0 aliphatic heterocycles. The first-order valence-corrected chi connectivity index (χ1v) is 5.98. The van der Waals surface area contributed by atoms with Gasteiger partial charge < -0.3 is 10.2 Å². The van der Waals surface area contributed by atoms with Gasteiger partial charge in [0, 0.05) is 5.39 Å². The molecular weight excluding hydrogens is 198 g/mol. The number of rotatable bonds is 3. The Balaban J connectivity index is 1.94. The van der Waals surface area contributed by atoms with Crippen molar-refractivity contribution in [1.82, 2.24) is 0 Å². The molecule has 3 rings (SSSR count). The molecule has 1 aliphatic carbocycles. The van der Waals surface area contributed by atoms with Crippen molar-refractivity contribution in [2.45, 2.75) is 32.2 Å². The van der Waals surface area contributed by atoms with E-state index >= 15 is 0 Å². The quantitative estimate of drug-likeness (QED) is 0.850. The van der Waals surface area contributed by atoms with Crippen LogP contribution in [0.1, 0.15) is 36.6 Å². The maximum Gasteiger partial charge on any atom is 0.134 e. The van der Waals surface area contributed by atoms with Gasteiger partial charge in [-0.1, -0.05) is 25.0 Å². The molecule has 1 aromatic carbocycles. The monoisotopic (exact) mass is 215 g/mol. The van der Waals surface area contributed by atoms with Gasteiger partial charge in [0.25, 0.3) is 0 Å². The summed E-state index contributed by atoms with van der Waals surface area (Å²) in [6.07, 6.45) is 3.75. The normalized spacial score (nSPS) is 17.9. The van der Waals surface area contributed by atoms with Crippen LogP contribution in [0.25, 0.3) is 11.0 Å². The number of hydrogen-bond donors (Lipinski definition) is 1. The van der Waals surface area contributed by atoms with Crippen LogP contribution in [0.3, 0.4) is 0 Å². The first kappa shape index (κ1) is 9.91. The predicted molar refractivity (Wildman–Crippen MR) is 65.2 cm³/mol. The molecule has 1 fully saturated rings. The smallest absolute Gasteiger partial charge is 0.134 e. The predicted octanol–water partition coefficient (Wildman–Crippen LogP) is 3.54. The van der Waals surface area contributed by atoms with Crippen LogP contribution >= 0.6 is 0 Å². The lowest BCUT2D eigenvalue weighted by atomic mass is 10.1. The van der Waals surface area contributed by atoms with Crippen molar-refractivity contribution < 1.29 is 4.42 Å². The fourth-order valence-corrected chi connectivity index (χ4v) is 2.24. The summed E-state index contributed by atoms with van der Waals surface area (Å²) in [4.78, 5) is 0. The summed E-state index contributed by atoms with van der Waals surface area (Å²) in [6, 6.07) is 8.32. The number of hydrogen-bond acceptors (Lipinski definition) is 2. The van der Waals surface area contributed by atoms with Crippen LogP contribution in [-0.2, 0) is 0 Å². The summed E-state index contributed by atoms with van der Waals surface area (Å²) in [5.74, 6) is 1.78. The number of furan rings is 1. The second-order valence-electron chi connectivity index (χ2n) is 4.92. The highest BCUT2D eigenvalue weighted by atomic mass is 16.3. The number of fused-ring (bicyclic) bond motifs is 1. The second kappa shape index (κ2) is 3.63. The number of aryl methyl sites for hydroxylation is 1. The highest BCUT2D eigenvalue weighted by molar-refractivity contribution is 5.81. The summed E-state index contributed by atoms with van der Waals surface area (Å²) in [5, 5.41) is 1.20. The highest BCUT2D eigenvalue weighted by Gasteiger charge is 2.26. The maximum atomic E-state index is 6.16. The molecule has 0 bridgehead atoms. The first-order chi connectivity index (χ1) is 7.74. The Labute approximate surface area is 95.4 Å². The molecule has 1 atom stereocenters. The zero-order valence-electron chi connectivity index (χ0n) is 9.57. The van der Waals surface area contributed by atoms with E-state index in [0.717, 1.165) is 23.7 Å². The molecule has 0 amide bonds. The fourth-order valence-electron chi connectivity index (χ4n) is 2.24. The molecule has 1 aliphatic rings. The third-order valence-corrected chi connectivity index (χ3v) is 3.45. The van der Waals surface area contributed by atoms with Gasteiger partial charge in [0.1, 0.15) is 11.3 Å². The van der Waals surface area contributed by atoms with Gasteiger partial charge in [0.2, 0.25) is 0 Å². The maximum absolute atomic E-state index is 6.16. The average molecular weight is 215 g/mol. The van der Waals surface area contributed by atoms with Gasteiger partial charge in [-0.05, 0) is 37.0 Å². The van der Waals surface area contributed by atoms with Crippen molar-refractivity contribution in [3.8, 4) is 0 Å². The van der Waals surface area contributed by atoms with Crippen LogP contribution in [0.5, 0.6) is 0 Å². The molecule has 2 heteroatoms. The van der Waals surface area contributed by atoms with Crippen molar-refractivity contribution in [3.63, 3.8) is 0 Å². The lowest BCUT2D eigenvalue weighted by molar-refractivity contribution is 0.463. The van der Waals surface area contributed by atoms with E-state index in [4.69, 9.17) is 10.2 Å². The minimum Gasteiger partial charge on any atom is -0.459 e. The third kappa shape index (κ3) is 1.74. The summed E-state index contributed by atoms with van der Waals surface area (Å²) >= 11 is 0. The van der Waals surface area contributed by atoms with Crippen molar-refractivity contribution in [1.29, 1.82) is 0 Å². The van der Waals surface area contributed by atoms with Crippen molar-refractivity contribution in [2.75, 3.05) is 0 Å². The molecule has 2 N–H and O–H groups in total. The van der Waals surface area contributed by atoms with E-state index in [9.17, 15) is 0 Å². The molecule has 0 saturated heterocycles. The van der Waals surface area contributed by atoms with E-state index in [1.807, 2.05) is 12.1 Å². The standard InChI is InChI=1S/C14H17NO/c1-9-3-2-4-13-11(9)8-14(16-13)12(15)7-10-5-6-10/h2-4,8,10,12H,5-7,15H2,1H3/t12-/m0/s1. The fraction of sp³-hybridized carbons (Fsp3) is 0.429. The lowest BCUT2D eigenvalue weighted by Gasteiger charge is -2.06. The van der Waals surface area contributed by atoms with Crippen LogP contribution < -0.4 is 5.73 Å². The molecule has 84 valence electrons. The SMILES string of the molecule is Cc1cccc2oc([C@@H](N)CC3CC3)cc12. The van der Waals surface area contributed by atoms with E-state index < -0.39 is 0 Å². The molecule has 1 saturated carbocycles. The Kier molecular flexibility index (Phi) is 2.25. The largest absolute Gasteiger partial charge is 0.459 e. The third-order valence-electron chi connectivity index (χ3n) is 3.45. The number of benzene rings is 1. The van der Waals surface area contributed by atoms with E-state index in [2.05, 4.69) is 19.1 Å². The first-order valence-electron chi connectivity index (χ1n) is 5.98. The molecule has 0 unspecified atom stereocenters. The molecule has 2 nitrogen and oxygen atoms in total. The second-order valence-corrected chi connectivity index (χ2v) is 4.92. The van der Waals surface area contributed by atoms with Crippen LogP contribution in [0.15, 0.2) is 28.7 Å². The summed E-state index contributed by atoms with van der Waals surface area (Å²) < 4.78 is 5.81. The zero-order chi connectivity index (χ0) is 11.1. The molecule has 0 radical (unpaired) electrons. The Morgan fingerprint density at radius 3 is 2.94 bits per heavy atom. The number of nitrogens with two attached hydrogens (primary N) is 1. The topological polar surface area (TPSA) is 39.2 Å². The minimum absolute atomic E-state index is 0.0688. The van der Waals surface area contributed by atoms with Gasteiger partial charge in [-0.15, -0.1) is 0 Å². The summed E-state index contributed by atoms with van der Waals surface area (Å²) in [6.45, 7) is 2.11. The highest BCUT2D eigenvalue weighted by Crippen LogP contribution is 2.37. The Morgan fingerprint density at radius 2 is 2.25 bits per heavy atom. The lowest BCUT2D eigenvalue weighted by Crippen LogP contribution is -2.09. The van der Waals surface area contributed by atoms with Gasteiger partial charge >= 0.3 is 0 Å². The Morgan fingerprint density at radius 1 is 1.44 bits per heavy atom. The van der Waals surface area contributed by atoms with Crippen molar-refractivity contribution >= 4 is 11.0 Å². The van der Waals surface area contributed by atoms with E-state index in [0.29, 0.717) is 0 Å².